The van der Waals surface area contributed by atoms with E-state index < -0.39 is 6.72 Å². The van der Waals surface area contributed by atoms with Crippen molar-refractivity contribution in [3.05, 3.63) is 58.7 Å². The van der Waals surface area contributed by atoms with E-state index in [1.54, 1.807) is 0 Å². The van der Waals surface area contributed by atoms with E-state index in [1.807, 2.05) is 64.1 Å². The van der Waals surface area contributed by atoms with Crippen LogP contribution in [-0.2, 0) is 15.9 Å². The average Bonchev–Trinajstić information content (AvgIpc) is 2.47. The maximum atomic E-state index is 5.88. The summed E-state index contributed by atoms with van der Waals surface area (Å²) in [6, 6.07) is 11.7. The zero-order valence-electron chi connectivity index (χ0n) is 12.9. The second kappa shape index (κ2) is 7.01. The Balaban J connectivity index is 2.36. The van der Waals surface area contributed by atoms with Crippen molar-refractivity contribution in [3.8, 4) is 11.5 Å². The highest BCUT2D eigenvalue weighted by atomic mass is 35.5. The second-order valence-electron chi connectivity index (χ2n) is 5.14. The summed E-state index contributed by atoms with van der Waals surface area (Å²) in [5.41, 5.74) is 3.81. The minimum atomic E-state index is -3.15. The van der Waals surface area contributed by atoms with Crippen LogP contribution in [0.4, 0.5) is 0 Å². The van der Waals surface area contributed by atoms with Gasteiger partial charge >= 0.3 is 6.72 Å². The lowest BCUT2D eigenvalue weighted by atomic mass is 10.1. The molecule has 6 heteroatoms. The maximum Gasteiger partial charge on any atom is 0.451 e. The second-order valence-corrected chi connectivity index (χ2v) is 8.29. The first-order valence-corrected chi connectivity index (χ1v) is 9.65. The number of hydrogen-bond acceptors (Lipinski definition) is 4. The zero-order valence-corrected chi connectivity index (χ0v) is 15.4. The largest absolute Gasteiger partial charge is 0.451 e. The van der Waals surface area contributed by atoms with Gasteiger partial charge in [0.05, 0.1) is 11.9 Å². The molecule has 0 atom stereocenters. The molecule has 0 N–H and O–H groups in total. The van der Waals surface area contributed by atoms with Crippen molar-refractivity contribution in [1.29, 1.82) is 0 Å². The van der Waals surface area contributed by atoms with Crippen molar-refractivity contribution in [2.45, 2.75) is 27.7 Å². The maximum absolute atomic E-state index is 5.88. The highest BCUT2D eigenvalue weighted by molar-refractivity contribution is 8.08. The molecule has 2 rings (SSSR count). The monoisotopic (exact) mass is 356 g/mol. The van der Waals surface area contributed by atoms with Crippen molar-refractivity contribution < 1.29 is 13.1 Å². The average molecular weight is 357 g/mol. The fourth-order valence-corrected chi connectivity index (χ4v) is 3.89. The van der Waals surface area contributed by atoms with Gasteiger partial charge in [-0.05, 0) is 49.9 Å². The van der Waals surface area contributed by atoms with Gasteiger partial charge in [0, 0.05) is 11.8 Å². The normalized spacial score (nSPS) is 11.3. The number of halogens is 1. The molecule has 0 radical (unpaired) electrons. The van der Waals surface area contributed by atoms with Gasteiger partial charge in [0.15, 0.2) is 0 Å². The summed E-state index contributed by atoms with van der Waals surface area (Å²) in [4.78, 5) is 0. The molecule has 0 aromatic heterocycles. The molecule has 2 aromatic rings. The molecule has 0 aliphatic heterocycles. The fraction of sp³-hybridized carbons (Fsp3) is 0.250. The number of para-hydroxylation sites is 2. The van der Waals surface area contributed by atoms with Crippen LogP contribution in [-0.4, -0.2) is 0 Å². The Hall–Kier alpha value is -1.06. The third kappa shape index (κ3) is 3.82. The molecule has 0 unspecified atom stereocenters. The molecular formula is C16H18ClO3PS. The Morgan fingerprint density at radius 1 is 0.773 bits per heavy atom. The predicted octanol–water partition coefficient (Wildman–Crippen LogP) is 5.77. The van der Waals surface area contributed by atoms with E-state index in [1.165, 1.54) is 0 Å². The molecule has 2 aromatic carbocycles. The van der Waals surface area contributed by atoms with Gasteiger partial charge in [-0.2, -0.15) is 4.08 Å². The first kappa shape index (κ1) is 17.3. The molecule has 0 saturated heterocycles. The molecule has 0 heterocycles. The molecular weight excluding hydrogens is 339 g/mol. The number of hydrogen-bond donors (Lipinski definition) is 0. The standard InChI is InChI=1S/C16H18ClO3PS/c1-11-7-5-8-12(2)15(11)18-21(22,20-17)19-16-13(3)9-6-10-14(16)4/h5-10H,1-4H3. The third-order valence-electron chi connectivity index (χ3n) is 3.31. The first-order valence-electron chi connectivity index (χ1n) is 6.78. The van der Waals surface area contributed by atoms with Crippen LogP contribution in [0.3, 0.4) is 0 Å². The minimum absolute atomic E-state index is 0.651. The van der Waals surface area contributed by atoms with E-state index in [2.05, 4.69) is 0 Å². The summed E-state index contributed by atoms with van der Waals surface area (Å²) < 4.78 is 16.7. The van der Waals surface area contributed by atoms with E-state index in [0.29, 0.717) is 11.5 Å². The van der Waals surface area contributed by atoms with E-state index in [-0.39, 0.29) is 0 Å². The highest BCUT2D eigenvalue weighted by Gasteiger charge is 2.27. The summed E-state index contributed by atoms with van der Waals surface area (Å²) in [5, 5.41) is 0. The van der Waals surface area contributed by atoms with Crippen LogP contribution in [0.1, 0.15) is 22.3 Å². The highest BCUT2D eigenvalue weighted by Crippen LogP contribution is 2.53. The predicted molar refractivity (Wildman–Crippen MR) is 94.3 cm³/mol. The SMILES string of the molecule is Cc1cccc(C)c1OP(=S)(OCl)Oc1c(C)cccc1C. The van der Waals surface area contributed by atoms with E-state index >= 15 is 0 Å². The quantitative estimate of drug-likeness (QED) is 0.635. The summed E-state index contributed by atoms with van der Waals surface area (Å²) >= 11 is 11.0. The van der Waals surface area contributed by atoms with Gasteiger partial charge in [0.2, 0.25) is 0 Å². The van der Waals surface area contributed by atoms with E-state index in [9.17, 15) is 0 Å². The van der Waals surface area contributed by atoms with Crippen LogP contribution in [0.2, 0.25) is 0 Å². The van der Waals surface area contributed by atoms with Gasteiger partial charge in [-0.15, -0.1) is 0 Å². The van der Waals surface area contributed by atoms with Gasteiger partial charge in [-0.1, -0.05) is 36.4 Å². The van der Waals surface area contributed by atoms with Crippen LogP contribution in [0.25, 0.3) is 0 Å². The van der Waals surface area contributed by atoms with Crippen LogP contribution in [0.15, 0.2) is 36.4 Å². The van der Waals surface area contributed by atoms with Gasteiger partial charge < -0.3 is 9.05 Å². The number of aryl methyl sites for hydroxylation is 4. The lowest BCUT2D eigenvalue weighted by molar-refractivity contribution is 0.393. The molecule has 0 fully saturated rings. The zero-order chi connectivity index (χ0) is 16.3. The number of benzene rings is 2. The van der Waals surface area contributed by atoms with Crippen molar-refractivity contribution in [2.75, 3.05) is 0 Å². The lowest BCUT2D eigenvalue weighted by Gasteiger charge is -2.23. The topological polar surface area (TPSA) is 27.7 Å². The molecule has 0 aliphatic rings. The Bertz CT molecular complexity index is 635. The molecule has 0 spiro atoms. The van der Waals surface area contributed by atoms with Gasteiger partial charge in [-0.25, -0.2) is 0 Å². The fourth-order valence-electron chi connectivity index (χ4n) is 2.16. The molecule has 0 amide bonds. The third-order valence-corrected chi connectivity index (χ3v) is 5.75. The molecule has 3 nitrogen and oxygen atoms in total. The molecule has 118 valence electrons. The van der Waals surface area contributed by atoms with Gasteiger partial charge in [0.1, 0.15) is 11.5 Å². The number of rotatable bonds is 5. The molecule has 0 saturated carbocycles. The molecule has 22 heavy (non-hydrogen) atoms. The van der Waals surface area contributed by atoms with E-state index in [4.69, 9.17) is 36.8 Å². The van der Waals surface area contributed by atoms with Crippen molar-refractivity contribution in [2.24, 2.45) is 0 Å². The van der Waals surface area contributed by atoms with Crippen LogP contribution >= 0.6 is 18.6 Å². The Morgan fingerprint density at radius 3 is 1.36 bits per heavy atom. The summed E-state index contributed by atoms with van der Waals surface area (Å²) in [5.74, 6) is 1.30. The summed E-state index contributed by atoms with van der Waals surface area (Å²) in [7, 11) is 0. The van der Waals surface area contributed by atoms with Crippen molar-refractivity contribution in [1.82, 2.24) is 0 Å². The lowest BCUT2D eigenvalue weighted by Crippen LogP contribution is -2.04. The Labute approximate surface area is 141 Å². The Morgan fingerprint density at radius 2 is 1.09 bits per heavy atom. The van der Waals surface area contributed by atoms with Crippen molar-refractivity contribution in [3.63, 3.8) is 0 Å². The Kier molecular flexibility index (Phi) is 5.51. The first-order chi connectivity index (χ1) is 10.4. The van der Waals surface area contributed by atoms with Crippen LogP contribution < -0.4 is 9.05 Å². The molecule has 0 bridgehead atoms. The van der Waals surface area contributed by atoms with Crippen LogP contribution in [0, 0.1) is 27.7 Å². The van der Waals surface area contributed by atoms with Gasteiger partial charge in [0.25, 0.3) is 0 Å². The molecule has 0 aliphatic carbocycles. The summed E-state index contributed by atoms with van der Waals surface area (Å²) in [6.07, 6.45) is 0. The van der Waals surface area contributed by atoms with Crippen LogP contribution in [0.5, 0.6) is 11.5 Å². The summed E-state index contributed by atoms with van der Waals surface area (Å²) in [6.45, 7) is 4.61. The smallest absolute Gasteiger partial charge is 0.414 e. The minimum Gasteiger partial charge on any atom is -0.414 e. The van der Waals surface area contributed by atoms with Gasteiger partial charge in [-0.3, -0.25) is 0 Å². The van der Waals surface area contributed by atoms with E-state index in [0.717, 1.165) is 22.3 Å². The van der Waals surface area contributed by atoms with Crippen molar-refractivity contribution >= 4 is 30.4 Å².